The number of hydrogen-bond acceptors (Lipinski definition) is 6. The molecule has 8 heteroatoms. The Hall–Kier alpha value is -2.90. The normalized spacial score (nSPS) is 12.5. The first-order valence-electron chi connectivity index (χ1n) is 6.69. The van der Waals surface area contributed by atoms with Gasteiger partial charge in [-0.3, -0.25) is 9.98 Å². The van der Waals surface area contributed by atoms with Crippen LogP contribution in [0.25, 0.3) is 0 Å². The van der Waals surface area contributed by atoms with Gasteiger partial charge in [0.05, 0.1) is 36.9 Å². The molecule has 0 radical (unpaired) electrons. The predicted molar refractivity (Wildman–Crippen MR) is 80.6 cm³/mol. The Kier molecular flexibility index (Phi) is 5.07. The largest absolute Gasteiger partial charge is 0.619 e. The summed E-state index contributed by atoms with van der Waals surface area (Å²) in [6, 6.07) is 0. The molecule has 22 heavy (non-hydrogen) atoms. The topological polar surface area (TPSA) is 104 Å². The smallest absolute Gasteiger partial charge is 0.207 e. The second-order valence-electron chi connectivity index (χ2n) is 4.54. The standard InChI is InChI=1S/C14H16N6O2/c1-11(13-9-19(21)7-5-17-13)15-3-4-16-12(2)14-10-20(22)8-6-18-14/h5-10H,3-4H2,1-2H3. The number of aromatic nitrogens is 4. The summed E-state index contributed by atoms with van der Waals surface area (Å²) in [4.78, 5) is 16.8. The summed E-state index contributed by atoms with van der Waals surface area (Å²) in [5, 5.41) is 22.3. The molecule has 0 unspecified atom stereocenters. The Balaban J connectivity index is 1.95. The first kappa shape index (κ1) is 15.5. The van der Waals surface area contributed by atoms with Gasteiger partial charge in [-0.1, -0.05) is 0 Å². The quantitative estimate of drug-likeness (QED) is 0.337. The van der Waals surface area contributed by atoms with E-state index in [9.17, 15) is 10.4 Å². The molecule has 0 fully saturated rings. The van der Waals surface area contributed by atoms with Crippen LogP contribution in [0.3, 0.4) is 0 Å². The highest BCUT2D eigenvalue weighted by Crippen LogP contribution is 1.95. The molecule has 0 aromatic carbocycles. The minimum Gasteiger partial charge on any atom is -0.619 e. The average molecular weight is 300 g/mol. The zero-order valence-electron chi connectivity index (χ0n) is 12.4. The third-order valence-electron chi connectivity index (χ3n) is 2.89. The molecule has 0 atom stereocenters. The first-order valence-corrected chi connectivity index (χ1v) is 6.69. The van der Waals surface area contributed by atoms with Gasteiger partial charge in [-0.05, 0) is 13.8 Å². The van der Waals surface area contributed by atoms with E-state index >= 15 is 0 Å². The lowest BCUT2D eigenvalue weighted by atomic mass is 10.3. The molecular weight excluding hydrogens is 284 g/mol. The summed E-state index contributed by atoms with van der Waals surface area (Å²) in [5.74, 6) is 0. The van der Waals surface area contributed by atoms with Crippen LogP contribution in [-0.2, 0) is 0 Å². The molecule has 0 aliphatic rings. The van der Waals surface area contributed by atoms with Crippen LogP contribution >= 0.6 is 0 Å². The zero-order chi connectivity index (χ0) is 15.9. The van der Waals surface area contributed by atoms with Gasteiger partial charge in [0.1, 0.15) is 11.4 Å². The minimum absolute atomic E-state index is 0.461. The summed E-state index contributed by atoms with van der Waals surface area (Å²) >= 11 is 0. The van der Waals surface area contributed by atoms with Crippen molar-refractivity contribution in [1.29, 1.82) is 0 Å². The molecule has 2 aromatic heterocycles. The Morgan fingerprint density at radius 3 is 1.68 bits per heavy atom. The van der Waals surface area contributed by atoms with E-state index in [0.717, 1.165) is 0 Å². The third kappa shape index (κ3) is 4.30. The van der Waals surface area contributed by atoms with Gasteiger partial charge in [0.25, 0.3) is 0 Å². The van der Waals surface area contributed by atoms with Crippen LogP contribution in [0.2, 0.25) is 0 Å². The second kappa shape index (κ2) is 7.21. The molecule has 0 saturated heterocycles. The maximum Gasteiger partial charge on any atom is 0.207 e. The fraction of sp³-hybridized carbons (Fsp3) is 0.286. The zero-order valence-corrected chi connectivity index (χ0v) is 12.4. The fourth-order valence-corrected chi connectivity index (χ4v) is 1.72. The maximum absolute atomic E-state index is 11.2. The van der Waals surface area contributed by atoms with Crippen LogP contribution in [0.4, 0.5) is 0 Å². The molecule has 0 aliphatic carbocycles. The van der Waals surface area contributed by atoms with Crippen LogP contribution in [0.15, 0.2) is 47.2 Å². The van der Waals surface area contributed by atoms with Crippen LogP contribution < -0.4 is 9.46 Å². The summed E-state index contributed by atoms with van der Waals surface area (Å²) < 4.78 is 1.37. The SMILES string of the molecule is CC(=NCCN=C(C)c1c[n+]([O-])ccn1)c1c[n+]([O-])ccn1. The minimum atomic E-state index is 0.461. The number of rotatable bonds is 5. The molecule has 0 aliphatic heterocycles. The van der Waals surface area contributed by atoms with Crippen molar-refractivity contribution >= 4 is 11.4 Å². The lowest BCUT2D eigenvalue weighted by molar-refractivity contribution is -0.606. The van der Waals surface area contributed by atoms with Crippen LogP contribution in [-0.4, -0.2) is 34.5 Å². The van der Waals surface area contributed by atoms with E-state index in [1.165, 1.54) is 37.2 Å². The highest BCUT2D eigenvalue weighted by atomic mass is 16.5. The van der Waals surface area contributed by atoms with Crippen molar-refractivity contribution in [3.8, 4) is 0 Å². The number of nitrogens with zero attached hydrogens (tertiary/aromatic N) is 6. The van der Waals surface area contributed by atoms with Gasteiger partial charge in [0.2, 0.25) is 12.4 Å². The second-order valence-corrected chi connectivity index (χ2v) is 4.54. The highest BCUT2D eigenvalue weighted by Gasteiger charge is 2.04. The van der Waals surface area contributed by atoms with Gasteiger partial charge in [-0.25, -0.2) is 9.97 Å². The fourth-order valence-electron chi connectivity index (χ4n) is 1.72. The van der Waals surface area contributed by atoms with Crippen molar-refractivity contribution in [2.24, 2.45) is 9.98 Å². The lowest BCUT2D eigenvalue weighted by Gasteiger charge is -2.01. The van der Waals surface area contributed by atoms with Crippen LogP contribution in [0, 0.1) is 10.4 Å². The van der Waals surface area contributed by atoms with Crippen molar-refractivity contribution in [2.45, 2.75) is 13.8 Å². The molecule has 2 heterocycles. The van der Waals surface area contributed by atoms with Gasteiger partial charge in [0.15, 0.2) is 12.4 Å². The van der Waals surface area contributed by atoms with E-state index in [4.69, 9.17) is 0 Å². The molecule has 2 rings (SSSR count). The van der Waals surface area contributed by atoms with Crippen molar-refractivity contribution in [3.63, 3.8) is 0 Å². The van der Waals surface area contributed by atoms with Crippen molar-refractivity contribution in [2.75, 3.05) is 13.1 Å². The molecule has 0 amide bonds. The summed E-state index contributed by atoms with van der Waals surface area (Å²) in [6.45, 7) is 4.50. The van der Waals surface area contributed by atoms with E-state index in [0.29, 0.717) is 45.4 Å². The highest BCUT2D eigenvalue weighted by molar-refractivity contribution is 5.97. The van der Waals surface area contributed by atoms with E-state index in [1.54, 1.807) is 13.8 Å². The summed E-state index contributed by atoms with van der Waals surface area (Å²) in [5.41, 5.74) is 2.42. The van der Waals surface area contributed by atoms with Gasteiger partial charge >= 0.3 is 0 Å². The molecule has 0 N–H and O–H groups in total. The Morgan fingerprint density at radius 1 is 0.909 bits per heavy atom. The van der Waals surface area contributed by atoms with E-state index in [2.05, 4.69) is 20.0 Å². The molecule has 8 nitrogen and oxygen atoms in total. The van der Waals surface area contributed by atoms with Gasteiger partial charge in [-0.2, -0.15) is 9.46 Å². The average Bonchev–Trinajstić information content (AvgIpc) is 2.51. The molecule has 114 valence electrons. The predicted octanol–water partition coefficient (Wildman–Crippen LogP) is 0.0616. The Bertz CT molecular complexity index is 652. The molecular formula is C14H16N6O2. The lowest BCUT2D eigenvalue weighted by Crippen LogP contribution is -2.26. The Labute approximate surface area is 127 Å². The van der Waals surface area contributed by atoms with E-state index in [-0.39, 0.29) is 0 Å². The summed E-state index contributed by atoms with van der Waals surface area (Å²) in [7, 11) is 0. The summed E-state index contributed by atoms with van der Waals surface area (Å²) in [6.07, 6.45) is 8.24. The Morgan fingerprint density at radius 2 is 1.32 bits per heavy atom. The van der Waals surface area contributed by atoms with Crippen molar-refractivity contribution in [3.05, 3.63) is 59.0 Å². The van der Waals surface area contributed by atoms with Gasteiger partial charge < -0.3 is 10.4 Å². The van der Waals surface area contributed by atoms with E-state index in [1.807, 2.05) is 0 Å². The third-order valence-corrected chi connectivity index (χ3v) is 2.89. The number of aliphatic imine (C=N–C) groups is 2. The number of hydrogen-bond donors (Lipinski definition) is 0. The van der Waals surface area contributed by atoms with E-state index < -0.39 is 0 Å². The van der Waals surface area contributed by atoms with Gasteiger partial charge in [0, 0.05) is 0 Å². The maximum atomic E-state index is 11.2. The molecule has 0 spiro atoms. The monoisotopic (exact) mass is 300 g/mol. The van der Waals surface area contributed by atoms with Crippen LogP contribution in [0.5, 0.6) is 0 Å². The molecule has 2 aromatic rings. The van der Waals surface area contributed by atoms with Crippen molar-refractivity contribution in [1.82, 2.24) is 9.97 Å². The van der Waals surface area contributed by atoms with Gasteiger partial charge in [-0.15, -0.1) is 0 Å². The first-order chi connectivity index (χ1) is 10.6. The molecule has 0 bridgehead atoms. The van der Waals surface area contributed by atoms with Crippen LogP contribution in [0.1, 0.15) is 25.2 Å². The molecule has 0 saturated carbocycles. The van der Waals surface area contributed by atoms with Crippen molar-refractivity contribution < 1.29 is 9.46 Å².